The van der Waals surface area contributed by atoms with Gasteiger partial charge in [0.1, 0.15) is 18.3 Å². The molecular formula is C7H11N3O2. The molecule has 66 valence electrons. The van der Waals surface area contributed by atoms with E-state index in [9.17, 15) is 4.79 Å². The van der Waals surface area contributed by atoms with Crippen LogP contribution in [0.4, 0.5) is 0 Å². The van der Waals surface area contributed by atoms with Crippen LogP contribution in [0.25, 0.3) is 0 Å². The summed E-state index contributed by atoms with van der Waals surface area (Å²) >= 11 is 0. The van der Waals surface area contributed by atoms with Crippen molar-refractivity contribution in [1.82, 2.24) is 14.8 Å². The smallest absolute Gasteiger partial charge is 0.168 e. The van der Waals surface area contributed by atoms with Crippen molar-refractivity contribution < 1.29 is 9.90 Å². The molecule has 0 radical (unpaired) electrons. The number of aliphatic hydroxyl groups is 1. The third kappa shape index (κ3) is 1.88. The summed E-state index contributed by atoms with van der Waals surface area (Å²) in [7, 11) is 1.71. The largest absolute Gasteiger partial charge is 0.386 e. The number of aromatic nitrogens is 3. The van der Waals surface area contributed by atoms with Crippen LogP contribution in [-0.4, -0.2) is 31.8 Å². The lowest BCUT2D eigenvalue weighted by Crippen LogP contribution is -2.20. The number of ketones is 1. The normalized spacial score (nSPS) is 12.9. The summed E-state index contributed by atoms with van der Waals surface area (Å²) in [6.45, 7) is 1.44. The SMILES string of the molecule is CC(O)C(=O)Cc1ncnn1C. The highest BCUT2D eigenvalue weighted by Gasteiger charge is 2.12. The Labute approximate surface area is 70.0 Å². The van der Waals surface area contributed by atoms with Gasteiger partial charge in [-0.05, 0) is 6.92 Å². The quantitative estimate of drug-likeness (QED) is 0.650. The second-order valence-electron chi connectivity index (χ2n) is 2.62. The Morgan fingerprint density at radius 3 is 2.92 bits per heavy atom. The minimum absolute atomic E-state index is 0.133. The lowest BCUT2D eigenvalue weighted by atomic mass is 10.2. The standard InChI is InChI=1S/C7H11N3O2/c1-5(11)6(12)3-7-8-4-9-10(7)2/h4-5,11H,3H2,1-2H3. The molecule has 0 saturated heterocycles. The molecule has 12 heavy (non-hydrogen) atoms. The van der Waals surface area contributed by atoms with Crippen LogP contribution in [0, 0.1) is 0 Å². The van der Waals surface area contributed by atoms with Crippen molar-refractivity contribution in [2.45, 2.75) is 19.4 Å². The van der Waals surface area contributed by atoms with Gasteiger partial charge in [0.2, 0.25) is 0 Å². The van der Waals surface area contributed by atoms with Gasteiger partial charge in [-0.3, -0.25) is 9.48 Å². The zero-order valence-corrected chi connectivity index (χ0v) is 7.06. The number of hydrogen-bond donors (Lipinski definition) is 1. The highest BCUT2D eigenvalue weighted by molar-refractivity contribution is 5.83. The van der Waals surface area contributed by atoms with Crippen LogP contribution in [0.3, 0.4) is 0 Å². The molecular weight excluding hydrogens is 158 g/mol. The van der Waals surface area contributed by atoms with Crippen LogP contribution in [-0.2, 0) is 18.3 Å². The van der Waals surface area contributed by atoms with E-state index >= 15 is 0 Å². The molecule has 1 heterocycles. The van der Waals surface area contributed by atoms with Crippen molar-refractivity contribution in [1.29, 1.82) is 0 Å². The van der Waals surface area contributed by atoms with Gasteiger partial charge in [0, 0.05) is 7.05 Å². The van der Waals surface area contributed by atoms with Gasteiger partial charge in [-0.25, -0.2) is 4.98 Å². The predicted octanol–water partition coefficient (Wildman–Crippen LogP) is -0.693. The van der Waals surface area contributed by atoms with Gasteiger partial charge in [-0.2, -0.15) is 5.10 Å². The zero-order chi connectivity index (χ0) is 9.14. The Morgan fingerprint density at radius 1 is 1.83 bits per heavy atom. The van der Waals surface area contributed by atoms with Crippen LogP contribution in [0.5, 0.6) is 0 Å². The maximum Gasteiger partial charge on any atom is 0.168 e. The molecule has 5 heteroatoms. The molecule has 1 aromatic heterocycles. The summed E-state index contributed by atoms with van der Waals surface area (Å²) < 4.78 is 1.51. The van der Waals surface area contributed by atoms with Crippen molar-refractivity contribution in [3.63, 3.8) is 0 Å². The Balaban J connectivity index is 2.64. The fourth-order valence-corrected chi connectivity index (χ4v) is 0.784. The molecule has 1 rings (SSSR count). The van der Waals surface area contributed by atoms with Crippen LogP contribution in [0.1, 0.15) is 12.7 Å². The molecule has 5 nitrogen and oxygen atoms in total. The molecule has 1 aromatic rings. The predicted molar refractivity (Wildman–Crippen MR) is 41.4 cm³/mol. The van der Waals surface area contributed by atoms with Gasteiger partial charge in [0.25, 0.3) is 0 Å². The van der Waals surface area contributed by atoms with E-state index in [2.05, 4.69) is 10.1 Å². The summed E-state index contributed by atoms with van der Waals surface area (Å²) in [6.07, 6.45) is 0.584. The molecule has 0 aromatic carbocycles. The lowest BCUT2D eigenvalue weighted by Gasteiger charge is -2.01. The van der Waals surface area contributed by atoms with E-state index in [0.717, 1.165) is 0 Å². The van der Waals surface area contributed by atoms with Gasteiger partial charge in [-0.1, -0.05) is 0 Å². The van der Waals surface area contributed by atoms with E-state index in [-0.39, 0.29) is 12.2 Å². The molecule has 0 bridgehead atoms. The molecule has 0 amide bonds. The van der Waals surface area contributed by atoms with E-state index in [1.807, 2.05) is 0 Å². The molecule has 1 N–H and O–H groups in total. The number of carbonyl (C=O) groups is 1. The number of carbonyl (C=O) groups excluding carboxylic acids is 1. The first-order chi connectivity index (χ1) is 5.61. The Kier molecular flexibility index (Phi) is 2.54. The second-order valence-corrected chi connectivity index (χ2v) is 2.62. The number of aryl methyl sites for hydroxylation is 1. The average Bonchev–Trinajstić information content (AvgIpc) is 2.36. The van der Waals surface area contributed by atoms with E-state index < -0.39 is 6.10 Å². The van der Waals surface area contributed by atoms with Crippen LogP contribution >= 0.6 is 0 Å². The summed E-state index contributed by atoms with van der Waals surface area (Å²) in [5.74, 6) is 0.326. The number of hydrogen-bond acceptors (Lipinski definition) is 4. The minimum atomic E-state index is -0.929. The molecule has 1 atom stereocenters. The van der Waals surface area contributed by atoms with E-state index in [1.165, 1.54) is 17.9 Å². The number of rotatable bonds is 3. The first kappa shape index (κ1) is 8.86. The van der Waals surface area contributed by atoms with Gasteiger partial charge in [0.05, 0.1) is 6.42 Å². The first-order valence-corrected chi connectivity index (χ1v) is 3.65. The van der Waals surface area contributed by atoms with Crippen molar-refractivity contribution in [2.75, 3.05) is 0 Å². The summed E-state index contributed by atoms with van der Waals surface area (Å²) in [5.41, 5.74) is 0. The van der Waals surface area contributed by atoms with Crippen LogP contribution < -0.4 is 0 Å². The highest BCUT2D eigenvalue weighted by atomic mass is 16.3. The maximum absolute atomic E-state index is 11.0. The molecule has 0 aliphatic heterocycles. The molecule has 0 aliphatic rings. The van der Waals surface area contributed by atoms with Crippen molar-refractivity contribution in [3.8, 4) is 0 Å². The maximum atomic E-state index is 11.0. The molecule has 0 spiro atoms. The van der Waals surface area contributed by atoms with E-state index in [0.29, 0.717) is 5.82 Å². The third-order valence-electron chi connectivity index (χ3n) is 1.60. The number of Topliss-reactive ketones (excluding diaryl/α,β-unsaturated/α-hetero) is 1. The van der Waals surface area contributed by atoms with Crippen LogP contribution in [0.2, 0.25) is 0 Å². The summed E-state index contributed by atoms with van der Waals surface area (Å²) in [4.78, 5) is 14.9. The fourth-order valence-electron chi connectivity index (χ4n) is 0.784. The molecule has 0 fully saturated rings. The molecule has 0 saturated carbocycles. The van der Waals surface area contributed by atoms with E-state index in [4.69, 9.17) is 5.11 Å². The van der Waals surface area contributed by atoms with Gasteiger partial charge >= 0.3 is 0 Å². The van der Waals surface area contributed by atoms with Crippen molar-refractivity contribution in [3.05, 3.63) is 12.2 Å². The zero-order valence-electron chi connectivity index (χ0n) is 7.06. The van der Waals surface area contributed by atoms with Crippen molar-refractivity contribution in [2.24, 2.45) is 7.05 Å². The Bertz CT molecular complexity index is 280. The van der Waals surface area contributed by atoms with Crippen molar-refractivity contribution >= 4 is 5.78 Å². The topological polar surface area (TPSA) is 68.0 Å². The molecule has 1 unspecified atom stereocenters. The first-order valence-electron chi connectivity index (χ1n) is 3.65. The third-order valence-corrected chi connectivity index (χ3v) is 1.60. The molecule has 0 aliphatic carbocycles. The highest BCUT2D eigenvalue weighted by Crippen LogP contribution is 1.96. The fraction of sp³-hybridized carbons (Fsp3) is 0.571. The van der Waals surface area contributed by atoms with Crippen LogP contribution in [0.15, 0.2) is 6.33 Å². The number of nitrogens with zero attached hydrogens (tertiary/aromatic N) is 3. The van der Waals surface area contributed by atoms with E-state index in [1.54, 1.807) is 7.05 Å². The Morgan fingerprint density at radius 2 is 2.50 bits per heavy atom. The summed E-state index contributed by atoms with van der Waals surface area (Å²) in [6, 6.07) is 0. The number of aliphatic hydroxyl groups excluding tert-OH is 1. The lowest BCUT2D eigenvalue weighted by molar-refractivity contribution is -0.125. The van der Waals surface area contributed by atoms with Gasteiger partial charge in [-0.15, -0.1) is 0 Å². The van der Waals surface area contributed by atoms with Gasteiger partial charge < -0.3 is 5.11 Å². The summed E-state index contributed by atoms with van der Waals surface area (Å²) in [5, 5.41) is 12.7. The van der Waals surface area contributed by atoms with Gasteiger partial charge in [0.15, 0.2) is 5.78 Å². The minimum Gasteiger partial charge on any atom is -0.386 e. The average molecular weight is 169 g/mol. The Hall–Kier alpha value is -1.23. The monoisotopic (exact) mass is 169 g/mol. The second kappa shape index (κ2) is 3.44.